The van der Waals surface area contributed by atoms with E-state index in [-0.39, 0.29) is 24.8 Å². The predicted molar refractivity (Wildman–Crippen MR) is 99.5 cm³/mol. The molecular weight excluding hydrogens is 348 g/mol. The monoisotopic (exact) mass is 368 g/mol. The summed E-state index contributed by atoms with van der Waals surface area (Å²) in [5.74, 6) is -1.13. The van der Waals surface area contributed by atoms with Crippen LogP contribution in [0.3, 0.4) is 0 Å². The summed E-state index contributed by atoms with van der Waals surface area (Å²) in [6, 6.07) is 12.8. The zero-order valence-electron chi connectivity index (χ0n) is 14.8. The van der Waals surface area contributed by atoms with E-state index < -0.39 is 12.0 Å². The molecule has 2 aromatic rings. The molecular formula is C20H20N2O5. The second-order valence-electron chi connectivity index (χ2n) is 6.18. The number of hydrogen-bond donors (Lipinski definition) is 2. The first-order valence-electron chi connectivity index (χ1n) is 8.55. The highest BCUT2D eigenvalue weighted by Crippen LogP contribution is 2.25. The van der Waals surface area contributed by atoms with Gasteiger partial charge in [-0.15, -0.1) is 0 Å². The summed E-state index contributed by atoms with van der Waals surface area (Å²) in [4.78, 5) is 37.7. The fraction of sp³-hybridized carbons (Fsp3) is 0.250. The molecule has 7 nitrogen and oxygen atoms in total. The SMILES string of the molecule is COC(=O)c1ccc(N2C(=O)C[C@H](Nc3ccc(CCO)cc3)C2=O)cc1. The van der Waals surface area contributed by atoms with Crippen LogP contribution in [-0.2, 0) is 20.7 Å². The lowest BCUT2D eigenvalue weighted by molar-refractivity contribution is -0.121. The van der Waals surface area contributed by atoms with Crippen molar-refractivity contribution in [3.05, 3.63) is 59.7 Å². The zero-order valence-corrected chi connectivity index (χ0v) is 14.8. The molecule has 2 amide bonds. The van der Waals surface area contributed by atoms with Crippen LogP contribution in [-0.4, -0.2) is 42.6 Å². The topological polar surface area (TPSA) is 95.9 Å². The van der Waals surface area contributed by atoms with E-state index in [0.717, 1.165) is 16.2 Å². The molecule has 0 bridgehead atoms. The van der Waals surface area contributed by atoms with Gasteiger partial charge in [0.05, 0.1) is 24.8 Å². The number of nitrogens with zero attached hydrogens (tertiary/aromatic N) is 1. The van der Waals surface area contributed by atoms with Gasteiger partial charge >= 0.3 is 5.97 Å². The molecule has 1 fully saturated rings. The zero-order chi connectivity index (χ0) is 19.4. The average molecular weight is 368 g/mol. The van der Waals surface area contributed by atoms with Crippen LogP contribution in [0.5, 0.6) is 0 Å². The Hall–Kier alpha value is -3.19. The molecule has 1 aliphatic heterocycles. The Bertz CT molecular complexity index is 846. The van der Waals surface area contributed by atoms with Crippen molar-refractivity contribution in [3.63, 3.8) is 0 Å². The number of methoxy groups -OCH3 is 1. The van der Waals surface area contributed by atoms with E-state index in [4.69, 9.17) is 5.11 Å². The second kappa shape index (κ2) is 8.01. The molecule has 0 aliphatic carbocycles. The number of benzene rings is 2. The lowest BCUT2D eigenvalue weighted by Gasteiger charge is -2.16. The van der Waals surface area contributed by atoms with Crippen molar-refractivity contribution in [1.29, 1.82) is 0 Å². The van der Waals surface area contributed by atoms with Gasteiger partial charge in [0.15, 0.2) is 0 Å². The number of anilines is 2. The lowest BCUT2D eigenvalue weighted by atomic mass is 10.1. The Labute approximate surface area is 156 Å². The van der Waals surface area contributed by atoms with Gasteiger partial charge in [0.2, 0.25) is 5.91 Å². The average Bonchev–Trinajstić information content (AvgIpc) is 2.96. The standard InChI is InChI=1S/C20H20N2O5/c1-27-20(26)14-4-8-16(9-5-14)22-18(24)12-17(19(22)25)21-15-6-2-13(3-7-15)10-11-23/h2-9,17,21,23H,10-12H2,1H3/t17-/m0/s1. The van der Waals surface area contributed by atoms with Gasteiger partial charge in [-0.1, -0.05) is 12.1 Å². The van der Waals surface area contributed by atoms with Crippen LogP contribution in [0.2, 0.25) is 0 Å². The van der Waals surface area contributed by atoms with Crippen LogP contribution in [0.25, 0.3) is 0 Å². The maximum Gasteiger partial charge on any atom is 0.337 e. The molecule has 27 heavy (non-hydrogen) atoms. The molecule has 0 spiro atoms. The maximum absolute atomic E-state index is 12.7. The van der Waals surface area contributed by atoms with E-state index in [0.29, 0.717) is 17.7 Å². The van der Waals surface area contributed by atoms with Crippen LogP contribution in [0, 0.1) is 0 Å². The van der Waals surface area contributed by atoms with Gasteiger partial charge in [0.25, 0.3) is 5.91 Å². The summed E-state index contributed by atoms with van der Waals surface area (Å²) in [5.41, 5.74) is 2.48. The number of carbonyl (C=O) groups excluding carboxylic acids is 3. The maximum atomic E-state index is 12.7. The van der Waals surface area contributed by atoms with E-state index in [1.807, 2.05) is 24.3 Å². The molecule has 1 aliphatic rings. The van der Waals surface area contributed by atoms with Crippen molar-refractivity contribution < 1.29 is 24.2 Å². The molecule has 140 valence electrons. The van der Waals surface area contributed by atoms with Crippen LogP contribution >= 0.6 is 0 Å². The highest BCUT2D eigenvalue weighted by atomic mass is 16.5. The number of aliphatic hydroxyl groups excluding tert-OH is 1. The number of nitrogens with one attached hydrogen (secondary N) is 1. The summed E-state index contributed by atoms with van der Waals surface area (Å²) < 4.78 is 4.64. The number of imide groups is 1. The van der Waals surface area contributed by atoms with Gasteiger partial charge in [0, 0.05) is 12.3 Å². The Balaban J connectivity index is 1.72. The van der Waals surface area contributed by atoms with Gasteiger partial charge in [-0.2, -0.15) is 0 Å². The molecule has 3 rings (SSSR count). The van der Waals surface area contributed by atoms with Crippen molar-refractivity contribution in [3.8, 4) is 0 Å². The number of amides is 2. The largest absolute Gasteiger partial charge is 0.465 e. The number of rotatable bonds is 6. The summed E-state index contributed by atoms with van der Waals surface area (Å²) in [5, 5.41) is 12.0. The normalized spacial score (nSPS) is 16.5. The second-order valence-corrected chi connectivity index (χ2v) is 6.18. The van der Waals surface area contributed by atoms with Crippen molar-refractivity contribution in [2.45, 2.75) is 18.9 Å². The van der Waals surface area contributed by atoms with Gasteiger partial charge in [-0.25, -0.2) is 9.69 Å². The molecule has 1 saturated heterocycles. The molecule has 1 heterocycles. The Morgan fingerprint density at radius 3 is 2.41 bits per heavy atom. The van der Waals surface area contributed by atoms with Crippen molar-refractivity contribution in [2.24, 2.45) is 0 Å². The van der Waals surface area contributed by atoms with Gasteiger partial charge in [0.1, 0.15) is 6.04 Å². The van der Waals surface area contributed by atoms with Crippen molar-refractivity contribution in [1.82, 2.24) is 0 Å². The Morgan fingerprint density at radius 1 is 1.15 bits per heavy atom. The number of esters is 1. The third-order valence-corrected chi connectivity index (χ3v) is 4.39. The fourth-order valence-electron chi connectivity index (χ4n) is 2.98. The first-order valence-corrected chi connectivity index (χ1v) is 8.55. The van der Waals surface area contributed by atoms with E-state index in [9.17, 15) is 14.4 Å². The van der Waals surface area contributed by atoms with Crippen LogP contribution in [0.4, 0.5) is 11.4 Å². The third-order valence-electron chi connectivity index (χ3n) is 4.39. The predicted octanol–water partition coefficient (Wildman–Crippen LogP) is 1.75. The minimum atomic E-state index is -0.651. The van der Waals surface area contributed by atoms with E-state index in [1.54, 1.807) is 12.1 Å². The van der Waals surface area contributed by atoms with Crippen LogP contribution in [0.15, 0.2) is 48.5 Å². The molecule has 0 unspecified atom stereocenters. The number of aliphatic hydroxyl groups is 1. The molecule has 0 aromatic heterocycles. The first-order chi connectivity index (χ1) is 13.0. The van der Waals surface area contributed by atoms with Crippen LogP contribution in [0.1, 0.15) is 22.3 Å². The van der Waals surface area contributed by atoms with Crippen molar-refractivity contribution in [2.75, 3.05) is 23.9 Å². The van der Waals surface area contributed by atoms with E-state index in [1.165, 1.54) is 19.2 Å². The fourth-order valence-corrected chi connectivity index (χ4v) is 2.98. The number of ether oxygens (including phenoxy) is 1. The lowest BCUT2D eigenvalue weighted by Crippen LogP contribution is -2.34. The molecule has 2 N–H and O–H groups in total. The highest BCUT2D eigenvalue weighted by molar-refractivity contribution is 6.23. The molecule has 7 heteroatoms. The van der Waals surface area contributed by atoms with Gasteiger partial charge in [-0.3, -0.25) is 9.59 Å². The molecule has 0 saturated carbocycles. The van der Waals surface area contributed by atoms with Crippen molar-refractivity contribution >= 4 is 29.2 Å². The smallest absolute Gasteiger partial charge is 0.337 e. The Kier molecular flexibility index (Phi) is 5.52. The van der Waals surface area contributed by atoms with Gasteiger partial charge in [-0.05, 0) is 48.4 Å². The minimum Gasteiger partial charge on any atom is -0.465 e. The number of carbonyl (C=O) groups is 3. The third kappa shape index (κ3) is 3.98. The van der Waals surface area contributed by atoms with E-state index in [2.05, 4.69) is 10.1 Å². The van der Waals surface area contributed by atoms with E-state index >= 15 is 0 Å². The first kappa shape index (κ1) is 18.6. The summed E-state index contributed by atoms with van der Waals surface area (Å²) in [7, 11) is 1.29. The van der Waals surface area contributed by atoms with Gasteiger partial charge < -0.3 is 15.2 Å². The summed E-state index contributed by atoms with van der Waals surface area (Å²) in [6.45, 7) is 0.0755. The highest BCUT2D eigenvalue weighted by Gasteiger charge is 2.39. The quantitative estimate of drug-likeness (QED) is 0.596. The Morgan fingerprint density at radius 2 is 1.81 bits per heavy atom. The summed E-state index contributed by atoms with van der Waals surface area (Å²) >= 11 is 0. The number of hydrogen-bond acceptors (Lipinski definition) is 6. The van der Waals surface area contributed by atoms with Crippen LogP contribution < -0.4 is 10.2 Å². The minimum absolute atomic E-state index is 0.0516. The molecule has 2 aromatic carbocycles. The molecule has 0 radical (unpaired) electrons. The summed E-state index contributed by atoms with van der Waals surface area (Å²) in [6.07, 6.45) is 0.618. The molecule has 1 atom stereocenters.